The van der Waals surface area contributed by atoms with Crippen LogP contribution in [0.4, 0.5) is 0 Å². The van der Waals surface area contributed by atoms with E-state index in [-0.39, 0.29) is 17.7 Å². The van der Waals surface area contributed by atoms with Crippen LogP contribution in [-0.4, -0.2) is 31.4 Å². The van der Waals surface area contributed by atoms with Crippen LogP contribution >= 0.6 is 11.8 Å². The van der Waals surface area contributed by atoms with E-state index in [9.17, 15) is 4.79 Å². The third-order valence-corrected chi connectivity index (χ3v) is 4.89. The van der Waals surface area contributed by atoms with Gasteiger partial charge in [-0.05, 0) is 31.5 Å². The number of aryl methyl sites for hydroxylation is 1. The second-order valence-corrected chi connectivity index (χ2v) is 6.88. The lowest BCUT2D eigenvalue weighted by atomic mass is 10.2. The molecule has 0 fully saturated rings. The van der Waals surface area contributed by atoms with E-state index in [1.54, 1.807) is 6.20 Å². The predicted octanol–water partition coefficient (Wildman–Crippen LogP) is 3.00. The maximum absolute atomic E-state index is 12.3. The summed E-state index contributed by atoms with van der Waals surface area (Å²) in [6, 6.07) is 15.7. The van der Waals surface area contributed by atoms with E-state index >= 15 is 0 Å². The molecule has 1 aromatic carbocycles. The Morgan fingerprint density at radius 3 is 2.65 bits per heavy atom. The Labute approximate surface area is 157 Å². The summed E-state index contributed by atoms with van der Waals surface area (Å²) in [6.07, 6.45) is 1.72. The molecule has 7 heteroatoms. The fourth-order valence-electron chi connectivity index (χ4n) is 2.54. The number of aromatic nitrogens is 4. The topological polar surface area (TPSA) is 72.7 Å². The molecule has 1 unspecified atom stereocenters. The van der Waals surface area contributed by atoms with Gasteiger partial charge in [0.05, 0.1) is 24.0 Å². The summed E-state index contributed by atoms with van der Waals surface area (Å²) >= 11 is 1.39. The van der Waals surface area contributed by atoms with Crippen molar-refractivity contribution in [2.45, 2.75) is 31.6 Å². The lowest BCUT2D eigenvalue weighted by Crippen LogP contribution is -2.28. The molecule has 2 aromatic heterocycles. The summed E-state index contributed by atoms with van der Waals surface area (Å²) in [5.74, 6) is 1.06. The number of carbonyl (C=O) groups is 1. The van der Waals surface area contributed by atoms with Crippen LogP contribution in [0.3, 0.4) is 0 Å². The van der Waals surface area contributed by atoms with Crippen molar-refractivity contribution in [1.29, 1.82) is 0 Å². The number of amides is 1. The fraction of sp³-hybridized carbons (Fsp3) is 0.263. The van der Waals surface area contributed by atoms with Gasteiger partial charge in [-0.3, -0.25) is 9.78 Å². The third-order valence-electron chi connectivity index (χ3n) is 3.93. The Kier molecular flexibility index (Phi) is 6.01. The maximum atomic E-state index is 12.3. The molecule has 0 saturated heterocycles. The number of thioether (sulfide) groups is 1. The number of nitrogens with zero attached hydrogens (tertiary/aromatic N) is 4. The summed E-state index contributed by atoms with van der Waals surface area (Å²) in [5, 5.41) is 12.1. The Morgan fingerprint density at radius 1 is 1.15 bits per heavy atom. The van der Waals surface area contributed by atoms with Gasteiger partial charge in [-0.1, -0.05) is 48.2 Å². The van der Waals surface area contributed by atoms with E-state index in [0.29, 0.717) is 6.54 Å². The molecular weight excluding hydrogens is 346 g/mol. The molecule has 0 aliphatic carbocycles. The van der Waals surface area contributed by atoms with E-state index in [1.165, 1.54) is 17.3 Å². The van der Waals surface area contributed by atoms with Gasteiger partial charge in [0.2, 0.25) is 5.91 Å². The van der Waals surface area contributed by atoms with E-state index in [4.69, 9.17) is 0 Å². The molecule has 3 rings (SSSR count). The van der Waals surface area contributed by atoms with Gasteiger partial charge < -0.3 is 9.88 Å². The molecule has 26 heavy (non-hydrogen) atoms. The highest BCUT2D eigenvalue weighted by Crippen LogP contribution is 2.19. The molecule has 0 bridgehead atoms. The molecule has 0 radical (unpaired) electrons. The van der Waals surface area contributed by atoms with Gasteiger partial charge >= 0.3 is 0 Å². The zero-order valence-electron chi connectivity index (χ0n) is 14.8. The van der Waals surface area contributed by atoms with E-state index in [2.05, 4.69) is 32.6 Å². The number of pyridine rings is 1. The molecule has 0 aliphatic rings. The highest BCUT2D eigenvalue weighted by Gasteiger charge is 2.14. The summed E-state index contributed by atoms with van der Waals surface area (Å²) < 4.78 is 2.02. The smallest absolute Gasteiger partial charge is 0.231 e. The minimum absolute atomic E-state index is 0.0555. The van der Waals surface area contributed by atoms with Gasteiger partial charge in [-0.15, -0.1) is 10.2 Å². The monoisotopic (exact) mass is 367 g/mol. The first-order valence-electron chi connectivity index (χ1n) is 8.40. The van der Waals surface area contributed by atoms with Crippen molar-refractivity contribution in [1.82, 2.24) is 25.1 Å². The second kappa shape index (κ2) is 8.62. The molecule has 1 N–H and O–H groups in total. The molecule has 2 heterocycles. The molecule has 1 atom stereocenters. The molecule has 3 aromatic rings. The SMILES string of the molecule is Cc1nnc(SCC(=O)NC(C)c2ccccn2)n1Cc1ccccc1. The lowest BCUT2D eigenvalue weighted by molar-refractivity contribution is -0.119. The zero-order valence-corrected chi connectivity index (χ0v) is 15.6. The van der Waals surface area contributed by atoms with Crippen LogP contribution in [0, 0.1) is 6.92 Å². The van der Waals surface area contributed by atoms with Crippen LogP contribution in [0.1, 0.15) is 30.0 Å². The molecule has 6 nitrogen and oxygen atoms in total. The molecule has 1 amide bonds. The average molecular weight is 367 g/mol. The lowest BCUT2D eigenvalue weighted by Gasteiger charge is -2.13. The highest BCUT2D eigenvalue weighted by atomic mass is 32.2. The number of nitrogens with one attached hydrogen (secondary N) is 1. The van der Waals surface area contributed by atoms with Crippen molar-refractivity contribution in [2.24, 2.45) is 0 Å². The van der Waals surface area contributed by atoms with Crippen molar-refractivity contribution in [3.8, 4) is 0 Å². The van der Waals surface area contributed by atoms with E-state index in [0.717, 1.165) is 16.7 Å². The first-order chi connectivity index (χ1) is 12.6. The first-order valence-corrected chi connectivity index (χ1v) is 9.39. The minimum Gasteiger partial charge on any atom is -0.347 e. The zero-order chi connectivity index (χ0) is 18.4. The summed E-state index contributed by atoms with van der Waals surface area (Å²) in [4.78, 5) is 16.5. The quantitative estimate of drug-likeness (QED) is 0.650. The Hall–Kier alpha value is -2.67. The van der Waals surface area contributed by atoms with Crippen LogP contribution in [0.2, 0.25) is 0 Å². The molecule has 0 aliphatic heterocycles. The van der Waals surface area contributed by atoms with Gasteiger partial charge in [-0.2, -0.15) is 0 Å². The molecular formula is C19H21N5OS. The first kappa shape index (κ1) is 18.1. The fourth-order valence-corrected chi connectivity index (χ4v) is 3.33. The number of rotatable bonds is 7. The third kappa shape index (κ3) is 4.70. The Balaban J connectivity index is 1.59. The number of carbonyl (C=O) groups excluding carboxylic acids is 1. The molecule has 0 saturated carbocycles. The van der Waals surface area contributed by atoms with Crippen molar-refractivity contribution >= 4 is 17.7 Å². The number of hydrogen-bond donors (Lipinski definition) is 1. The molecule has 0 spiro atoms. The standard InChI is InChI=1S/C19H21N5OS/c1-14(17-10-6-7-11-20-17)21-18(25)13-26-19-23-22-15(2)24(19)12-16-8-4-3-5-9-16/h3-11,14H,12-13H2,1-2H3,(H,21,25). The van der Waals surface area contributed by atoms with Gasteiger partial charge in [0.25, 0.3) is 0 Å². The number of hydrogen-bond acceptors (Lipinski definition) is 5. The summed E-state index contributed by atoms with van der Waals surface area (Å²) in [7, 11) is 0. The highest BCUT2D eigenvalue weighted by molar-refractivity contribution is 7.99. The van der Waals surface area contributed by atoms with Gasteiger partial charge in [0.1, 0.15) is 5.82 Å². The summed E-state index contributed by atoms with van der Waals surface area (Å²) in [6.45, 7) is 4.53. The molecule has 134 valence electrons. The Morgan fingerprint density at radius 2 is 1.92 bits per heavy atom. The van der Waals surface area contributed by atoms with Crippen LogP contribution in [0.25, 0.3) is 0 Å². The van der Waals surface area contributed by atoms with Gasteiger partial charge in [0, 0.05) is 6.20 Å². The maximum Gasteiger partial charge on any atom is 0.231 e. The minimum atomic E-state index is -0.131. The van der Waals surface area contributed by atoms with E-state index < -0.39 is 0 Å². The predicted molar refractivity (Wildman–Crippen MR) is 102 cm³/mol. The van der Waals surface area contributed by atoms with Crippen LogP contribution in [0.15, 0.2) is 59.9 Å². The normalized spacial score (nSPS) is 11.9. The van der Waals surface area contributed by atoms with Crippen LogP contribution in [-0.2, 0) is 11.3 Å². The van der Waals surface area contributed by atoms with Crippen molar-refractivity contribution in [2.75, 3.05) is 5.75 Å². The van der Waals surface area contributed by atoms with Gasteiger partial charge in [-0.25, -0.2) is 0 Å². The largest absolute Gasteiger partial charge is 0.347 e. The van der Waals surface area contributed by atoms with E-state index in [1.807, 2.05) is 54.8 Å². The van der Waals surface area contributed by atoms with Crippen LogP contribution in [0.5, 0.6) is 0 Å². The second-order valence-electron chi connectivity index (χ2n) is 5.93. The van der Waals surface area contributed by atoms with Crippen LogP contribution < -0.4 is 5.32 Å². The Bertz CT molecular complexity index is 851. The van der Waals surface area contributed by atoms with Gasteiger partial charge in [0.15, 0.2) is 5.16 Å². The summed E-state index contributed by atoms with van der Waals surface area (Å²) in [5.41, 5.74) is 2.01. The average Bonchev–Trinajstić information content (AvgIpc) is 3.01. The van der Waals surface area contributed by atoms with Crippen molar-refractivity contribution in [3.05, 3.63) is 71.8 Å². The van der Waals surface area contributed by atoms with Crippen molar-refractivity contribution < 1.29 is 4.79 Å². The van der Waals surface area contributed by atoms with Crippen molar-refractivity contribution in [3.63, 3.8) is 0 Å². The number of benzene rings is 1.